The van der Waals surface area contributed by atoms with Gasteiger partial charge in [0.1, 0.15) is 5.75 Å². The number of anilines is 1. The number of nitrogens with zero attached hydrogens (tertiary/aromatic N) is 2. The third-order valence-corrected chi connectivity index (χ3v) is 6.00. The van der Waals surface area contributed by atoms with E-state index in [1.807, 2.05) is 48.5 Å². The molecule has 0 aromatic heterocycles. The minimum atomic E-state index is 0. The zero-order chi connectivity index (χ0) is 21.5. The highest BCUT2D eigenvalue weighted by Gasteiger charge is 2.19. The number of hydrogen-bond donors (Lipinski definition) is 1. The fraction of sp³-hybridized carbons (Fsp3) is 0.346. The minimum Gasteiger partial charge on any atom is -1.00 e. The second-order valence-corrected chi connectivity index (χ2v) is 8.03. The smallest absolute Gasteiger partial charge is 0.251 e. The summed E-state index contributed by atoms with van der Waals surface area (Å²) in [5.74, 6) is 0.953. The van der Waals surface area contributed by atoms with E-state index in [9.17, 15) is 4.79 Å². The lowest BCUT2D eigenvalue weighted by Crippen LogP contribution is -3.00. The summed E-state index contributed by atoms with van der Waals surface area (Å²) >= 11 is 0. The number of hydrogen-bond acceptors (Lipinski definition) is 4. The summed E-state index contributed by atoms with van der Waals surface area (Å²) in [6.45, 7) is 5.93. The normalized spacial score (nSPS) is 13.7. The van der Waals surface area contributed by atoms with E-state index in [2.05, 4.69) is 33.3 Å². The standard InChI is InChI=1S/C26H31N3O2.2ClH/c1-31-25-11-5-4-10-24(25)29-18-16-28(17-19-29)15-7-6-14-27-26(30)23-13-12-21-8-2-3-9-22(21)20-23;;/h2-5,8-13,20H,6-7,14-19H2,1H3,(H,27,30);2*1H/p-2. The highest BCUT2D eigenvalue weighted by molar-refractivity contribution is 5.98. The average Bonchev–Trinajstić information content (AvgIpc) is 2.83. The van der Waals surface area contributed by atoms with Crippen LogP contribution < -0.4 is 39.8 Å². The first kappa shape index (κ1) is 26.8. The second kappa shape index (κ2) is 13.3. The molecule has 33 heavy (non-hydrogen) atoms. The summed E-state index contributed by atoms with van der Waals surface area (Å²) in [4.78, 5) is 17.4. The summed E-state index contributed by atoms with van der Waals surface area (Å²) in [6.07, 6.45) is 2.08. The topological polar surface area (TPSA) is 44.8 Å². The predicted octanol–water partition coefficient (Wildman–Crippen LogP) is -1.81. The van der Waals surface area contributed by atoms with E-state index < -0.39 is 0 Å². The Kier molecular flexibility index (Phi) is 10.8. The van der Waals surface area contributed by atoms with Crippen LogP contribution in [0.4, 0.5) is 5.69 Å². The largest absolute Gasteiger partial charge is 1.00 e. The molecule has 3 aromatic rings. The molecule has 0 bridgehead atoms. The molecule has 0 unspecified atom stereocenters. The Morgan fingerprint density at radius 3 is 2.33 bits per heavy atom. The molecule has 4 rings (SSSR count). The average molecular weight is 488 g/mol. The van der Waals surface area contributed by atoms with Crippen LogP contribution in [0, 0.1) is 0 Å². The van der Waals surface area contributed by atoms with Gasteiger partial charge in [0.05, 0.1) is 12.8 Å². The van der Waals surface area contributed by atoms with Gasteiger partial charge in [-0.2, -0.15) is 0 Å². The number of fused-ring (bicyclic) bond motifs is 1. The van der Waals surface area contributed by atoms with Gasteiger partial charge < -0.3 is 39.8 Å². The molecule has 0 radical (unpaired) electrons. The van der Waals surface area contributed by atoms with E-state index in [0.717, 1.165) is 67.7 Å². The number of para-hydroxylation sites is 2. The minimum absolute atomic E-state index is 0. The van der Waals surface area contributed by atoms with Crippen molar-refractivity contribution in [3.8, 4) is 5.75 Å². The highest BCUT2D eigenvalue weighted by Crippen LogP contribution is 2.28. The Bertz CT molecular complexity index is 1020. The van der Waals surface area contributed by atoms with Crippen LogP contribution >= 0.6 is 0 Å². The number of piperazine rings is 1. The molecule has 1 N–H and O–H groups in total. The van der Waals surface area contributed by atoms with Crippen molar-refractivity contribution in [2.45, 2.75) is 12.8 Å². The quantitative estimate of drug-likeness (QED) is 0.380. The lowest BCUT2D eigenvalue weighted by Gasteiger charge is -2.36. The van der Waals surface area contributed by atoms with Gasteiger partial charge in [0.2, 0.25) is 0 Å². The molecule has 1 aliphatic heterocycles. The van der Waals surface area contributed by atoms with Gasteiger partial charge in [-0.1, -0.05) is 42.5 Å². The van der Waals surface area contributed by atoms with Crippen molar-refractivity contribution in [2.24, 2.45) is 0 Å². The van der Waals surface area contributed by atoms with Crippen molar-refractivity contribution in [1.82, 2.24) is 10.2 Å². The number of benzene rings is 3. The summed E-state index contributed by atoms with van der Waals surface area (Å²) in [5.41, 5.74) is 1.91. The zero-order valence-electron chi connectivity index (χ0n) is 19.0. The van der Waals surface area contributed by atoms with Gasteiger partial charge in [-0.3, -0.25) is 9.69 Å². The van der Waals surface area contributed by atoms with Crippen LogP contribution in [0.2, 0.25) is 0 Å². The molecule has 1 heterocycles. The molecule has 0 aliphatic carbocycles. The number of ether oxygens (including phenoxy) is 1. The fourth-order valence-electron chi connectivity index (χ4n) is 4.20. The predicted molar refractivity (Wildman–Crippen MR) is 127 cm³/mol. The van der Waals surface area contributed by atoms with Gasteiger partial charge in [-0.05, 0) is 54.4 Å². The third-order valence-electron chi connectivity index (χ3n) is 6.00. The number of unbranched alkanes of at least 4 members (excludes halogenated alkanes) is 1. The van der Waals surface area contributed by atoms with Gasteiger partial charge in [0, 0.05) is 38.3 Å². The SMILES string of the molecule is COc1ccccc1N1CCN(CCCCNC(=O)c2ccc3ccccc3c2)CC1.[Cl-].[Cl-]. The summed E-state index contributed by atoms with van der Waals surface area (Å²) in [7, 11) is 1.73. The maximum atomic E-state index is 12.4. The van der Waals surface area contributed by atoms with E-state index in [-0.39, 0.29) is 30.7 Å². The molecule has 1 aliphatic rings. The first-order valence-electron chi connectivity index (χ1n) is 11.1. The van der Waals surface area contributed by atoms with Crippen LogP contribution in [0.25, 0.3) is 10.8 Å². The van der Waals surface area contributed by atoms with Crippen molar-refractivity contribution in [2.75, 3.05) is 51.3 Å². The maximum Gasteiger partial charge on any atom is 0.251 e. The molecule has 1 saturated heterocycles. The second-order valence-electron chi connectivity index (χ2n) is 8.03. The molecule has 1 fully saturated rings. The Balaban J connectivity index is 0.00000193. The Labute approximate surface area is 208 Å². The molecule has 7 heteroatoms. The molecule has 0 saturated carbocycles. The van der Waals surface area contributed by atoms with E-state index in [1.54, 1.807) is 7.11 Å². The van der Waals surface area contributed by atoms with Gasteiger partial charge in [0.25, 0.3) is 5.91 Å². The number of amides is 1. The van der Waals surface area contributed by atoms with Gasteiger partial charge in [0.15, 0.2) is 0 Å². The molecular formula is C26H31Cl2N3O2-2. The van der Waals surface area contributed by atoms with Gasteiger partial charge >= 0.3 is 0 Å². The maximum absolute atomic E-state index is 12.4. The van der Waals surface area contributed by atoms with E-state index in [4.69, 9.17) is 4.74 Å². The summed E-state index contributed by atoms with van der Waals surface area (Å²) < 4.78 is 5.50. The summed E-state index contributed by atoms with van der Waals surface area (Å²) in [6, 6.07) is 22.2. The zero-order valence-corrected chi connectivity index (χ0v) is 20.5. The van der Waals surface area contributed by atoms with Crippen LogP contribution in [0.15, 0.2) is 66.7 Å². The Morgan fingerprint density at radius 1 is 0.879 bits per heavy atom. The number of nitrogens with one attached hydrogen (secondary N) is 1. The van der Waals surface area contributed by atoms with E-state index in [1.165, 1.54) is 5.69 Å². The molecule has 178 valence electrons. The molecular weight excluding hydrogens is 457 g/mol. The van der Waals surface area contributed by atoms with E-state index in [0.29, 0.717) is 6.54 Å². The van der Waals surface area contributed by atoms with Crippen molar-refractivity contribution >= 4 is 22.4 Å². The fourth-order valence-corrected chi connectivity index (χ4v) is 4.20. The molecule has 1 amide bonds. The first-order valence-corrected chi connectivity index (χ1v) is 11.1. The molecule has 3 aromatic carbocycles. The molecule has 0 spiro atoms. The van der Waals surface area contributed by atoms with Crippen LogP contribution in [0.5, 0.6) is 5.75 Å². The summed E-state index contributed by atoms with van der Waals surface area (Å²) in [5, 5.41) is 5.32. The van der Waals surface area contributed by atoms with Crippen LogP contribution in [-0.2, 0) is 0 Å². The number of methoxy groups -OCH3 is 1. The van der Waals surface area contributed by atoms with Crippen LogP contribution in [-0.4, -0.2) is 57.2 Å². The van der Waals surface area contributed by atoms with Crippen molar-refractivity contribution in [3.63, 3.8) is 0 Å². The van der Waals surface area contributed by atoms with E-state index >= 15 is 0 Å². The number of carbonyl (C=O) groups is 1. The molecule has 5 nitrogen and oxygen atoms in total. The van der Waals surface area contributed by atoms with Crippen LogP contribution in [0.1, 0.15) is 23.2 Å². The third kappa shape index (κ3) is 7.00. The Hall–Kier alpha value is -2.47. The number of rotatable bonds is 8. The van der Waals surface area contributed by atoms with Crippen molar-refractivity contribution in [1.29, 1.82) is 0 Å². The number of halogens is 2. The van der Waals surface area contributed by atoms with Crippen molar-refractivity contribution < 1.29 is 34.3 Å². The monoisotopic (exact) mass is 487 g/mol. The lowest BCUT2D eigenvalue weighted by atomic mass is 10.1. The lowest BCUT2D eigenvalue weighted by molar-refractivity contribution is -0.001000. The van der Waals surface area contributed by atoms with Crippen molar-refractivity contribution in [3.05, 3.63) is 72.3 Å². The highest BCUT2D eigenvalue weighted by atomic mass is 35.5. The number of carbonyl (C=O) groups excluding carboxylic acids is 1. The first-order chi connectivity index (χ1) is 15.2. The van der Waals surface area contributed by atoms with Crippen LogP contribution in [0.3, 0.4) is 0 Å². The molecule has 0 atom stereocenters. The Morgan fingerprint density at radius 2 is 1.58 bits per heavy atom. The van der Waals surface area contributed by atoms with Gasteiger partial charge in [-0.15, -0.1) is 0 Å². The van der Waals surface area contributed by atoms with Gasteiger partial charge in [-0.25, -0.2) is 0 Å².